The van der Waals surface area contributed by atoms with Crippen LogP contribution in [0.4, 0.5) is 16.2 Å². The molecule has 0 saturated carbocycles. The quantitative estimate of drug-likeness (QED) is 0.494. The number of carbonyl (C=O) groups excluding carboxylic acids is 1. The second kappa shape index (κ2) is 9.38. The van der Waals surface area contributed by atoms with Gasteiger partial charge < -0.3 is 10.1 Å². The molecule has 0 atom stereocenters. The molecule has 2 amide bonds. The van der Waals surface area contributed by atoms with Crippen molar-refractivity contribution < 1.29 is 9.53 Å². The summed E-state index contributed by atoms with van der Waals surface area (Å²) in [4.78, 5) is 17.9. The average molecular weight is 470 g/mol. The Kier molecular flexibility index (Phi) is 6.28. The minimum Gasteiger partial charge on any atom is -0.497 e. The lowest BCUT2D eigenvalue weighted by atomic mass is 9.74. The minimum absolute atomic E-state index is 0.0481. The van der Waals surface area contributed by atoms with Gasteiger partial charge in [-0.25, -0.2) is 4.79 Å². The van der Waals surface area contributed by atoms with Crippen LogP contribution in [0.3, 0.4) is 0 Å². The van der Waals surface area contributed by atoms with Crippen LogP contribution in [-0.2, 0) is 12.0 Å². The Morgan fingerprint density at radius 2 is 1.60 bits per heavy atom. The molecule has 5 rings (SSSR count). The zero-order valence-corrected chi connectivity index (χ0v) is 21.2. The van der Waals surface area contributed by atoms with Crippen molar-refractivity contribution in [2.24, 2.45) is 0 Å². The van der Waals surface area contributed by atoms with E-state index in [1.807, 2.05) is 48.2 Å². The number of amides is 2. The fraction of sp³-hybridized carbons (Fsp3) is 0.367. The SMILES string of the molecule is COc1ccc2c(c1)C1(CCN(Cc3cc(C)cc(C)c3)CC1)CN2C(=O)Nc1ccc(C)cc1. The van der Waals surface area contributed by atoms with Gasteiger partial charge in [-0.05, 0) is 88.2 Å². The number of nitrogens with one attached hydrogen (secondary N) is 1. The molecule has 0 unspecified atom stereocenters. The summed E-state index contributed by atoms with van der Waals surface area (Å²) in [6.45, 7) is 10.1. The summed E-state index contributed by atoms with van der Waals surface area (Å²) in [7, 11) is 1.71. The van der Waals surface area contributed by atoms with Crippen molar-refractivity contribution >= 4 is 17.4 Å². The van der Waals surface area contributed by atoms with Gasteiger partial charge in [0.05, 0.1) is 7.11 Å². The molecule has 2 heterocycles. The van der Waals surface area contributed by atoms with Gasteiger partial charge in [0.2, 0.25) is 0 Å². The molecule has 0 aliphatic carbocycles. The Morgan fingerprint density at radius 3 is 2.26 bits per heavy atom. The molecule has 2 aliphatic heterocycles. The van der Waals surface area contributed by atoms with E-state index in [1.165, 1.54) is 27.8 Å². The van der Waals surface area contributed by atoms with E-state index < -0.39 is 0 Å². The number of carbonyl (C=O) groups is 1. The topological polar surface area (TPSA) is 44.8 Å². The maximum absolute atomic E-state index is 13.4. The number of likely N-dealkylation sites (tertiary alicyclic amines) is 1. The van der Waals surface area contributed by atoms with Crippen LogP contribution in [0.25, 0.3) is 0 Å². The number of fused-ring (bicyclic) bond motifs is 2. The highest BCUT2D eigenvalue weighted by molar-refractivity contribution is 6.03. The first-order valence-electron chi connectivity index (χ1n) is 12.5. The Balaban J connectivity index is 1.35. The number of methoxy groups -OCH3 is 1. The van der Waals surface area contributed by atoms with Crippen LogP contribution >= 0.6 is 0 Å². The molecule has 1 fully saturated rings. The second-order valence-electron chi connectivity index (χ2n) is 10.3. The third kappa shape index (κ3) is 4.78. The minimum atomic E-state index is -0.0742. The second-order valence-corrected chi connectivity index (χ2v) is 10.3. The van der Waals surface area contributed by atoms with Gasteiger partial charge >= 0.3 is 6.03 Å². The molecule has 182 valence electrons. The van der Waals surface area contributed by atoms with E-state index in [2.05, 4.69) is 48.3 Å². The number of urea groups is 1. The number of anilines is 2. The number of piperidine rings is 1. The molecular formula is C30H35N3O2. The molecule has 5 heteroatoms. The van der Waals surface area contributed by atoms with E-state index in [0.717, 1.165) is 49.6 Å². The lowest BCUT2D eigenvalue weighted by Gasteiger charge is -2.40. The van der Waals surface area contributed by atoms with Crippen LogP contribution in [-0.4, -0.2) is 37.7 Å². The molecule has 1 N–H and O–H groups in total. The fourth-order valence-electron chi connectivity index (χ4n) is 5.77. The molecule has 0 bridgehead atoms. The van der Waals surface area contributed by atoms with Crippen molar-refractivity contribution in [1.29, 1.82) is 0 Å². The van der Waals surface area contributed by atoms with E-state index >= 15 is 0 Å². The van der Waals surface area contributed by atoms with Gasteiger partial charge in [0.15, 0.2) is 0 Å². The largest absolute Gasteiger partial charge is 0.497 e. The van der Waals surface area contributed by atoms with Crippen LogP contribution < -0.4 is 15.0 Å². The van der Waals surface area contributed by atoms with Gasteiger partial charge in [-0.15, -0.1) is 0 Å². The molecule has 5 nitrogen and oxygen atoms in total. The molecule has 0 radical (unpaired) electrons. The highest BCUT2D eigenvalue weighted by Gasteiger charge is 2.46. The molecule has 3 aromatic rings. The van der Waals surface area contributed by atoms with Gasteiger partial charge in [-0.2, -0.15) is 0 Å². The number of benzene rings is 3. The van der Waals surface area contributed by atoms with E-state index in [4.69, 9.17) is 4.74 Å². The standard InChI is InChI=1S/C30H35N3O2/c1-21-5-7-25(8-6-21)31-29(34)33-20-30(27-18-26(35-4)9-10-28(27)33)11-13-32(14-12-30)19-24-16-22(2)15-23(3)17-24/h5-10,15-18H,11-14,19-20H2,1-4H3,(H,31,34). The van der Waals surface area contributed by atoms with Crippen molar-refractivity contribution in [3.63, 3.8) is 0 Å². The van der Waals surface area contributed by atoms with E-state index in [9.17, 15) is 4.79 Å². The highest BCUT2D eigenvalue weighted by atomic mass is 16.5. The first-order valence-corrected chi connectivity index (χ1v) is 12.5. The first-order chi connectivity index (χ1) is 16.8. The predicted molar refractivity (Wildman–Crippen MR) is 143 cm³/mol. The van der Waals surface area contributed by atoms with Crippen molar-refractivity contribution in [1.82, 2.24) is 4.90 Å². The van der Waals surface area contributed by atoms with Gasteiger partial charge in [-0.1, -0.05) is 47.0 Å². The van der Waals surface area contributed by atoms with Crippen LogP contribution in [0.1, 0.15) is 40.7 Å². The molecule has 1 spiro atoms. The van der Waals surface area contributed by atoms with Crippen LogP contribution in [0.15, 0.2) is 60.7 Å². The van der Waals surface area contributed by atoms with Gasteiger partial charge in [0.25, 0.3) is 0 Å². The monoisotopic (exact) mass is 469 g/mol. The van der Waals surface area contributed by atoms with E-state index in [-0.39, 0.29) is 11.4 Å². The number of aryl methyl sites for hydroxylation is 3. The first kappa shape index (κ1) is 23.4. The Labute approximate surface area is 208 Å². The van der Waals surface area contributed by atoms with Crippen LogP contribution in [0.2, 0.25) is 0 Å². The van der Waals surface area contributed by atoms with Crippen LogP contribution in [0, 0.1) is 20.8 Å². The van der Waals surface area contributed by atoms with Gasteiger partial charge in [-0.3, -0.25) is 9.80 Å². The summed E-state index contributed by atoms with van der Waals surface area (Å²) >= 11 is 0. The fourth-order valence-corrected chi connectivity index (χ4v) is 5.77. The lowest BCUT2D eigenvalue weighted by molar-refractivity contribution is 0.160. The summed E-state index contributed by atoms with van der Waals surface area (Å²) < 4.78 is 5.57. The third-order valence-electron chi connectivity index (χ3n) is 7.58. The highest BCUT2D eigenvalue weighted by Crippen LogP contribution is 2.48. The van der Waals surface area contributed by atoms with Crippen LogP contribution in [0.5, 0.6) is 5.75 Å². The lowest BCUT2D eigenvalue weighted by Crippen LogP contribution is -2.46. The van der Waals surface area contributed by atoms with Crippen molar-refractivity contribution in [2.45, 2.75) is 45.6 Å². The third-order valence-corrected chi connectivity index (χ3v) is 7.58. The Bertz CT molecular complexity index is 1210. The number of nitrogens with zero attached hydrogens (tertiary/aromatic N) is 2. The van der Waals surface area contributed by atoms with Crippen molar-refractivity contribution in [3.8, 4) is 5.75 Å². The van der Waals surface area contributed by atoms with E-state index in [1.54, 1.807) is 7.11 Å². The Morgan fingerprint density at radius 1 is 0.914 bits per heavy atom. The summed E-state index contributed by atoms with van der Waals surface area (Å²) in [5.41, 5.74) is 8.20. The predicted octanol–water partition coefficient (Wildman–Crippen LogP) is 6.21. The summed E-state index contributed by atoms with van der Waals surface area (Å²) in [5.74, 6) is 0.849. The summed E-state index contributed by atoms with van der Waals surface area (Å²) in [5, 5.41) is 3.10. The zero-order chi connectivity index (χ0) is 24.6. The maximum Gasteiger partial charge on any atom is 0.326 e. The van der Waals surface area contributed by atoms with Gasteiger partial charge in [0, 0.05) is 29.9 Å². The molecule has 2 aliphatic rings. The molecule has 3 aromatic carbocycles. The van der Waals surface area contributed by atoms with Crippen molar-refractivity contribution in [3.05, 3.63) is 88.5 Å². The number of hydrogen-bond acceptors (Lipinski definition) is 3. The number of hydrogen-bond donors (Lipinski definition) is 1. The molecule has 1 saturated heterocycles. The maximum atomic E-state index is 13.4. The average Bonchev–Trinajstić information content (AvgIpc) is 3.15. The zero-order valence-electron chi connectivity index (χ0n) is 21.2. The normalized spacial score (nSPS) is 16.9. The molecule has 0 aromatic heterocycles. The molecule has 35 heavy (non-hydrogen) atoms. The summed E-state index contributed by atoms with van der Waals surface area (Å²) in [6, 6.07) is 20.8. The smallest absolute Gasteiger partial charge is 0.326 e. The molecular weight excluding hydrogens is 434 g/mol. The number of rotatable bonds is 4. The number of ether oxygens (including phenoxy) is 1. The van der Waals surface area contributed by atoms with Crippen molar-refractivity contribution in [2.75, 3.05) is 37.0 Å². The Hall–Kier alpha value is -3.31. The van der Waals surface area contributed by atoms with Gasteiger partial charge in [0.1, 0.15) is 5.75 Å². The van der Waals surface area contributed by atoms with E-state index in [0.29, 0.717) is 6.54 Å². The summed E-state index contributed by atoms with van der Waals surface area (Å²) in [6.07, 6.45) is 2.04.